The van der Waals surface area contributed by atoms with Crippen molar-refractivity contribution in [3.05, 3.63) is 28.8 Å². The summed E-state index contributed by atoms with van der Waals surface area (Å²) in [7, 11) is 1.30. The number of halogens is 1. The summed E-state index contributed by atoms with van der Waals surface area (Å²) in [5.41, 5.74) is 12.5. The summed E-state index contributed by atoms with van der Waals surface area (Å²) < 4.78 is 4.52. The van der Waals surface area contributed by atoms with E-state index < -0.39 is 12.0 Å². The minimum Gasteiger partial charge on any atom is -0.468 e. The molecule has 0 amide bonds. The molecule has 1 aromatic rings. The fraction of sp³-hybridized carbons (Fsp3) is 0.300. The third-order valence-corrected chi connectivity index (χ3v) is 2.35. The van der Waals surface area contributed by atoms with Crippen molar-refractivity contribution in [3.63, 3.8) is 0 Å². The van der Waals surface area contributed by atoms with Crippen LogP contribution in [-0.4, -0.2) is 19.1 Å². The van der Waals surface area contributed by atoms with Gasteiger partial charge in [-0.3, -0.25) is 4.79 Å². The van der Waals surface area contributed by atoms with Gasteiger partial charge in [-0.2, -0.15) is 0 Å². The number of anilines is 1. The van der Waals surface area contributed by atoms with Crippen molar-refractivity contribution in [1.82, 2.24) is 0 Å². The van der Waals surface area contributed by atoms with Gasteiger partial charge in [0.25, 0.3) is 0 Å². The molecule has 1 atom stereocenters. The molecule has 0 aromatic heterocycles. The molecular formula is C10H13ClN2O2. The number of rotatable bonds is 3. The third kappa shape index (κ3) is 3.11. The summed E-state index contributed by atoms with van der Waals surface area (Å²) in [6.07, 6.45) is 0.382. The van der Waals surface area contributed by atoms with E-state index in [0.29, 0.717) is 17.1 Å². The van der Waals surface area contributed by atoms with Crippen molar-refractivity contribution in [2.24, 2.45) is 5.73 Å². The summed E-state index contributed by atoms with van der Waals surface area (Å²) in [4.78, 5) is 11.1. The fourth-order valence-electron chi connectivity index (χ4n) is 1.19. The Kier molecular flexibility index (Phi) is 3.94. The van der Waals surface area contributed by atoms with E-state index in [9.17, 15) is 4.79 Å². The van der Waals surface area contributed by atoms with Crippen LogP contribution in [0.3, 0.4) is 0 Å². The summed E-state index contributed by atoms with van der Waals surface area (Å²) in [6.45, 7) is 0. The molecule has 0 saturated heterocycles. The van der Waals surface area contributed by atoms with Crippen LogP contribution in [-0.2, 0) is 16.0 Å². The maximum Gasteiger partial charge on any atom is 0.322 e. The first kappa shape index (κ1) is 11.8. The Balaban J connectivity index is 2.73. The zero-order chi connectivity index (χ0) is 11.4. The lowest BCUT2D eigenvalue weighted by Crippen LogP contribution is -2.33. The van der Waals surface area contributed by atoms with Crippen molar-refractivity contribution in [2.75, 3.05) is 12.8 Å². The zero-order valence-electron chi connectivity index (χ0n) is 8.37. The van der Waals surface area contributed by atoms with Gasteiger partial charge in [0.1, 0.15) is 6.04 Å². The minimum absolute atomic E-state index is 0.382. The third-order valence-electron chi connectivity index (χ3n) is 2.02. The number of esters is 1. The molecular weight excluding hydrogens is 216 g/mol. The lowest BCUT2D eigenvalue weighted by atomic mass is 10.1. The highest BCUT2D eigenvalue weighted by molar-refractivity contribution is 6.33. The molecule has 0 aliphatic heterocycles. The summed E-state index contributed by atoms with van der Waals surface area (Å²) in [5, 5.41) is 0.463. The predicted molar refractivity (Wildman–Crippen MR) is 59.6 cm³/mol. The maximum absolute atomic E-state index is 11.1. The van der Waals surface area contributed by atoms with Gasteiger partial charge in [0.2, 0.25) is 0 Å². The molecule has 0 aliphatic carbocycles. The van der Waals surface area contributed by atoms with Gasteiger partial charge in [0.05, 0.1) is 17.8 Å². The first-order valence-electron chi connectivity index (χ1n) is 4.42. The molecule has 0 bridgehead atoms. The van der Waals surface area contributed by atoms with Crippen LogP contribution >= 0.6 is 11.6 Å². The summed E-state index contributed by atoms with van der Waals surface area (Å²) in [6, 6.07) is 4.49. The summed E-state index contributed by atoms with van der Waals surface area (Å²) >= 11 is 5.83. The smallest absolute Gasteiger partial charge is 0.322 e. The Bertz CT molecular complexity index is 368. The van der Waals surface area contributed by atoms with Crippen LogP contribution in [0.1, 0.15) is 5.56 Å². The first-order chi connectivity index (χ1) is 7.04. The summed E-state index contributed by atoms with van der Waals surface area (Å²) in [5.74, 6) is -0.442. The molecule has 82 valence electrons. The van der Waals surface area contributed by atoms with Crippen LogP contribution in [0, 0.1) is 0 Å². The predicted octanol–water partition coefficient (Wildman–Crippen LogP) is 0.965. The molecule has 15 heavy (non-hydrogen) atoms. The lowest BCUT2D eigenvalue weighted by Gasteiger charge is -2.09. The van der Waals surface area contributed by atoms with Gasteiger partial charge >= 0.3 is 5.97 Å². The molecule has 0 spiro atoms. The largest absolute Gasteiger partial charge is 0.468 e. The average Bonchev–Trinajstić information content (AvgIpc) is 2.22. The van der Waals surface area contributed by atoms with Crippen molar-refractivity contribution in [2.45, 2.75) is 12.5 Å². The SMILES string of the molecule is COC(=O)[C@H](N)Cc1ccc(N)c(Cl)c1. The number of carbonyl (C=O) groups excluding carboxylic acids is 1. The molecule has 0 radical (unpaired) electrons. The second kappa shape index (κ2) is 5.00. The second-order valence-corrected chi connectivity index (χ2v) is 3.60. The highest BCUT2D eigenvalue weighted by Crippen LogP contribution is 2.20. The van der Waals surface area contributed by atoms with Crippen LogP contribution in [0.15, 0.2) is 18.2 Å². The highest BCUT2D eigenvalue weighted by Gasteiger charge is 2.14. The number of hydrogen-bond acceptors (Lipinski definition) is 4. The molecule has 0 fully saturated rings. The topological polar surface area (TPSA) is 78.3 Å². The number of nitrogens with two attached hydrogens (primary N) is 2. The van der Waals surface area contributed by atoms with Crippen molar-refractivity contribution < 1.29 is 9.53 Å². The zero-order valence-corrected chi connectivity index (χ0v) is 9.12. The quantitative estimate of drug-likeness (QED) is 0.597. The van der Waals surface area contributed by atoms with E-state index in [2.05, 4.69) is 4.74 Å². The van der Waals surface area contributed by atoms with Crippen LogP contribution in [0.4, 0.5) is 5.69 Å². The van der Waals surface area contributed by atoms with Gasteiger partial charge in [-0.15, -0.1) is 0 Å². The number of methoxy groups -OCH3 is 1. The van der Waals surface area contributed by atoms with E-state index in [-0.39, 0.29) is 0 Å². The first-order valence-corrected chi connectivity index (χ1v) is 4.79. The number of ether oxygens (including phenoxy) is 1. The molecule has 0 unspecified atom stereocenters. The average molecular weight is 229 g/mol. The molecule has 1 aromatic carbocycles. The molecule has 4 nitrogen and oxygen atoms in total. The number of hydrogen-bond donors (Lipinski definition) is 2. The van der Waals surface area contributed by atoms with Crippen molar-refractivity contribution in [1.29, 1.82) is 0 Å². The van der Waals surface area contributed by atoms with E-state index in [1.54, 1.807) is 18.2 Å². The van der Waals surface area contributed by atoms with Gasteiger partial charge in [0.15, 0.2) is 0 Å². The Morgan fingerprint density at radius 2 is 2.27 bits per heavy atom. The second-order valence-electron chi connectivity index (χ2n) is 3.19. The van der Waals surface area contributed by atoms with Gasteiger partial charge in [-0.05, 0) is 24.1 Å². The Morgan fingerprint density at radius 1 is 1.60 bits per heavy atom. The van der Waals surface area contributed by atoms with Crippen molar-refractivity contribution in [3.8, 4) is 0 Å². The standard InChI is InChI=1S/C10H13ClN2O2/c1-15-10(14)9(13)5-6-2-3-8(12)7(11)4-6/h2-4,9H,5,12-13H2,1H3/t9-/m1/s1. The minimum atomic E-state index is -0.672. The van der Waals surface area contributed by atoms with E-state index in [4.69, 9.17) is 23.1 Å². The monoisotopic (exact) mass is 228 g/mol. The molecule has 4 N–H and O–H groups in total. The number of nitrogen functional groups attached to an aromatic ring is 1. The van der Waals surface area contributed by atoms with Crippen molar-refractivity contribution >= 4 is 23.3 Å². The van der Waals surface area contributed by atoms with E-state index >= 15 is 0 Å². The van der Waals surface area contributed by atoms with Gasteiger partial charge in [-0.25, -0.2) is 0 Å². The van der Waals surface area contributed by atoms with E-state index in [1.165, 1.54) is 7.11 Å². The molecule has 0 saturated carbocycles. The highest BCUT2D eigenvalue weighted by atomic mass is 35.5. The van der Waals surface area contributed by atoms with Crippen LogP contribution in [0.2, 0.25) is 5.02 Å². The molecule has 0 aliphatic rings. The number of carbonyl (C=O) groups is 1. The lowest BCUT2D eigenvalue weighted by molar-refractivity contribution is -0.142. The van der Waals surface area contributed by atoms with Gasteiger partial charge < -0.3 is 16.2 Å². The van der Waals surface area contributed by atoms with Crippen LogP contribution in [0.25, 0.3) is 0 Å². The Hall–Kier alpha value is -1.26. The Morgan fingerprint density at radius 3 is 2.80 bits per heavy atom. The van der Waals surface area contributed by atoms with E-state index in [0.717, 1.165) is 5.56 Å². The van der Waals surface area contributed by atoms with Gasteiger partial charge in [0, 0.05) is 0 Å². The van der Waals surface area contributed by atoms with Crippen LogP contribution < -0.4 is 11.5 Å². The molecule has 1 rings (SSSR count). The van der Waals surface area contributed by atoms with Crippen LogP contribution in [0.5, 0.6) is 0 Å². The normalized spacial score (nSPS) is 12.2. The molecule has 0 heterocycles. The maximum atomic E-state index is 11.1. The fourth-order valence-corrected chi connectivity index (χ4v) is 1.39. The molecule has 5 heteroatoms. The number of benzene rings is 1. The van der Waals surface area contributed by atoms with E-state index in [1.807, 2.05) is 0 Å². The Labute approximate surface area is 93.1 Å². The van der Waals surface area contributed by atoms with Gasteiger partial charge in [-0.1, -0.05) is 17.7 Å².